The van der Waals surface area contributed by atoms with E-state index in [1.165, 1.54) is 4.31 Å². The molecule has 1 aromatic carbocycles. The van der Waals surface area contributed by atoms with Crippen molar-refractivity contribution in [3.05, 3.63) is 29.3 Å². The highest BCUT2D eigenvalue weighted by molar-refractivity contribution is 7.89. The Hall–Kier alpha value is -0.910. The molecule has 18 heavy (non-hydrogen) atoms. The summed E-state index contributed by atoms with van der Waals surface area (Å²) in [6.07, 6.45) is 0. The lowest BCUT2D eigenvalue weighted by Gasteiger charge is -2.25. The molecule has 0 spiro atoms. The van der Waals surface area contributed by atoms with E-state index in [1.54, 1.807) is 12.1 Å². The van der Waals surface area contributed by atoms with Gasteiger partial charge in [0.25, 0.3) is 0 Å². The molecule has 0 saturated carbocycles. The third-order valence-corrected chi connectivity index (χ3v) is 5.39. The predicted molar refractivity (Wildman–Crippen MR) is 73.8 cm³/mol. The van der Waals surface area contributed by atoms with E-state index < -0.39 is 10.0 Å². The molecule has 0 unspecified atom stereocenters. The van der Waals surface area contributed by atoms with Gasteiger partial charge in [-0.05, 0) is 38.0 Å². The van der Waals surface area contributed by atoms with E-state index in [0.717, 1.165) is 11.1 Å². The first-order chi connectivity index (χ1) is 8.36. The number of hydrogen-bond acceptors (Lipinski definition) is 3. The Balaban J connectivity index is 3.37. The van der Waals surface area contributed by atoms with Gasteiger partial charge in [-0.15, -0.1) is 0 Å². The van der Waals surface area contributed by atoms with Gasteiger partial charge in [-0.1, -0.05) is 19.1 Å². The van der Waals surface area contributed by atoms with Crippen molar-refractivity contribution in [1.29, 1.82) is 0 Å². The van der Waals surface area contributed by atoms with Crippen LogP contribution >= 0.6 is 0 Å². The van der Waals surface area contributed by atoms with Crippen molar-refractivity contribution in [2.45, 2.75) is 45.2 Å². The first kappa shape index (κ1) is 15.1. The van der Waals surface area contributed by atoms with Crippen molar-refractivity contribution in [3.8, 4) is 0 Å². The second-order valence-electron chi connectivity index (χ2n) is 4.55. The van der Waals surface area contributed by atoms with Gasteiger partial charge in [0.1, 0.15) is 0 Å². The Morgan fingerprint density at radius 2 is 1.94 bits per heavy atom. The van der Waals surface area contributed by atoms with Crippen LogP contribution in [0.3, 0.4) is 0 Å². The minimum absolute atomic E-state index is 0.0547. The number of nitrogens with zero attached hydrogens (tertiary/aromatic N) is 1. The molecule has 0 atom stereocenters. The highest BCUT2D eigenvalue weighted by Crippen LogP contribution is 2.23. The van der Waals surface area contributed by atoms with Crippen LogP contribution in [0.2, 0.25) is 0 Å². The van der Waals surface area contributed by atoms with Gasteiger partial charge in [0.15, 0.2) is 0 Å². The van der Waals surface area contributed by atoms with Crippen molar-refractivity contribution in [1.82, 2.24) is 4.31 Å². The summed E-state index contributed by atoms with van der Waals surface area (Å²) in [4.78, 5) is 0.362. The van der Waals surface area contributed by atoms with E-state index in [4.69, 9.17) is 5.73 Å². The number of sulfonamides is 1. The van der Waals surface area contributed by atoms with Crippen LogP contribution in [0.25, 0.3) is 0 Å². The summed E-state index contributed by atoms with van der Waals surface area (Å²) in [7, 11) is -3.44. The summed E-state index contributed by atoms with van der Waals surface area (Å²) in [5, 5.41) is 0. The third-order valence-electron chi connectivity index (χ3n) is 3.09. The molecule has 4 nitrogen and oxygen atoms in total. The van der Waals surface area contributed by atoms with Crippen LogP contribution in [-0.2, 0) is 16.6 Å². The minimum Gasteiger partial charge on any atom is -0.326 e. The molecule has 1 aromatic rings. The molecule has 0 radical (unpaired) electrons. The minimum atomic E-state index is -3.44. The summed E-state index contributed by atoms with van der Waals surface area (Å²) < 4.78 is 26.7. The van der Waals surface area contributed by atoms with E-state index >= 15 is 0 Å². The molecular formula is C13H22N2O2S. The third kappa shape index (κ3) is 2.74. The molecule has 0 bridgehead atoms. The van der Waals surface area contributed by atoms with Crippen molar-refractivity contribution in [2.24, 2.45) is 5.73 Å². The van der Waals surface area contributed by atoms with Gasteiger partial charge in [0.05, 0.1) is 4.90 Å². The van der Waals surface area contributed by atoms with Crippen molar-refractivity contribution < 1.29 is 8.42 Å². The van der Waals surface area contributed by atoms with Gasteiger partial charge < -0.3 is 5.73 Å². The van der Waals surface area contributed by atoms with E-state index in [0.29, 0.717) is 18.0 Å². The summed E-state index contributed by atoms with van der Waals surface area (Å²) in [5.41, 5.74) is 7.24. The summed E-state index contributed by atoms with van der Waals surface area (Å²) in [5.74, 6) is 0. The highest BCUT2D eigenvalue weighted by atomic mass is 32.2. The lowest BCUT2D eigenvalue weighted by Crippen LogP contribution is -2.37. The van der Waals surface area contributed by atoms with Crippen molar-refractivity contribution in [2.75, 3.05) is 6.54 Å². The molecule has 2 N–H and O–H groups in total. The second-order valence-corrected chi connectivity index (χ2v) is 6.41. The zero-order chi connectivity index (χ0) is 13.9. The Morgan fingerprint density at radius 3 is 2.39 bits per heavy atom. The molecule has 5 heteroatoms. The molecule has 0 aliphatic heterocycles. The quantitative estimate of drug-likeness (QED) is 0.888. The molecule has 0 saturated heterocycles. The molecule has 0 aromatic heterocycles. The topological polar surface area (TPSA) is 63.4 Å². The average molecular weight is 270 g/mol. The van der Waals surface area contributed by atoms with Crippen LogP contribution in [0.1, 0.15) is 31.9 Å². The summed E-state index contributed by atoms with van der Waals surface area (Å²) in [6.45, 7) is 8.23. The standard InChI is InChI=1S/C13H22N2O2S/c1-5-15(10(2)3)18(16,17)13-8-6-7-12(9-14)11(13)4/h6-8,10H,5,9,14H2,1-4H3. The maximum atomic E-state index is 12.6. The van der Waals surface area contributed by atoms with Crippen LogP contribution in [0, 0.1) is 6.92 Å². The van der Waals surface area contributed by atoms with Gasteiger partial charge >= 0.3 is 0 Å². The number of nitrogens with two attached hydrogens (primary N) is 1. The Kier molecular flexibility index (Phi) is 4.90. The van der Waals surface area contributed by atoms with E-state index in [-0.39, 0.29) is 6.04 Å². The molecule has 102 valence electrons. The van der Waals surface area contributed by atoms with Crippen LogP contribution in [0.5, 0.6) is 0 Å². The van der Waals surface area contributed by atoms with Gasteiger partial charge in [-0.25, -0.2) is 8.42 Å². The molecule has 0 aliphatic rings. The normalized spacial score (nSPS) is 12.4. The van der Waals surface area contributed by atoms with Gasteiger partial charge in [-0.2, -0.15) is 4.31 Å². The lowest BCUT2D eigenvalue weighted by atomic mass is 10.1. The molecule has 0 amide bonds. The molecule has 0 heterocycles. The smallest absolute Gasteiger partial charge is 0.243 e. The SMILES string of the molecule is CCN(C(C)C)S(=O)(=O)c1cccc(CN)c1C. The number of rotatable bonds is 5. The zero-order valence-corrected chi connectivity index (χ0v) is 12.3. The summed E-state index contributed by atoms with van der Waals surface area (Å²) in [6, 6.07) is 5.20. The maximum absolute atomic E-state index is 12.6. The average Bonchev–Trinajstić information content (AvgIpc) is 2.28. The number of hydrogen-bond donors (Lipinski definition) is 1. The number of benzene rings is 1. The lowest BCUT2D eigenvalue weighted by molar-refractivity contribution is 0.369. The Labute approximate surface area is 110 Å². The first-order valence-electron chi connectivity index (χ1n) is 6.16. The fourth-order valence-electron chi connectivity index (χ4n) is 2.10. The van der Waals surface area contributed by atoms with Crippen molar-refractivity contribution >= 4 is 10.0 Å². The highest BCUT2D eigenvalue weighted by Gasteiger charge is 2.27. The Bertz CT molecular complexity index is 510. The Morgan fingerprint density at radius 1 is 1.33 bits per heavy atom. The molecule has 0 fully saturated rings. The predicted octanol–water partition coefficient (Wildman–Crippen LogP) is 1.87. The first-order valence-corrected chi connectivity index (χ1v) is 7.60. The fraction of sp³-hybridized carbons (Fsp3) is 0.538. The van der Waals surface area contributed by atoms with E-state index in [2.05, 4.69) is 0 Å². The van der Waals surface area contributed by atoms with Crippen LogP contribution in [-0.4, -0.2) is 25.3 Å². The second kappa shape index (κ2) is 5.82. The van der Waals surface area contributed by atoms with E-state index in [9.17, 15) is 8.42 Å². The van der Waals surface area contributed by atoms with Crippen LogP contribution in [0.4, 0.5) is 0 Å². The maximum Gasteiger partial charge on any atom is 0.243 e. The zero-order valence-electron chi connectivity index (χ0n) is 11.5. The van der Waals surface area contributed by atoms with Crippen molar-refractivity contribution in [3.63, 3.8) is 0 Å². The van der Waals surface area contributed by atoms with E-state index in [1.807, 2.05) is 33.8 Å². The monoisotopic (exact) mass is 270 g/mol. The largest absolute Gasteiger partial charge is 0.326 e. The van der Waals surface area contributed by atoms with Gasteiger partial charge in [-0.3, -0.25) is 0 Å². The van der Waals surface area contributed by atoms with Crippen LogP contribution in [0.15, 0.2) is 23.1 Å². The summed E-state index contributed by atoms with van der Waals surface area (Å²) >= 11 is 0. The van der Waals surface area contributed by atoms with Gasteiger partial charge in [0.2, 0.25) is 10.0 Å². The van der Waals surface area contributed by atoms with Gasteiger partial charge in [0, 0.05) is 19.1 Å². The van der Waals surface area contributed by atoms with Crippen LogP contribution < -0.4 is 5.73 Å². The molecular weight excluding hydrogens is 248 g/mol. The molecule has 1 rings (SSSR count). The fourth-order valence-corrected chi connectivity index (χ4v) is 4.02. The molecule has 0 aliphatic carbocycles.